The van der Waals surface area contributed by atoms with Gasteiger partial charge in [-0.05, 0) is 42.7 Å². The van der Waals surface area contributed by atoms with Crippen LogP contribution in [0.1, 0.15) is 25.0 Å². The summed E-state index contributed by atoms with van der Waals surface area (Å²) >= 11 is 0. The summed E-state index contributed by atoms with van der Waals surface area (Å²) in [6, 6.07) is 17.0. The van der Waals surface area contributed by atoms with E-state index in [1.54, 1.807) is 13.0 Å². The third-order valence-corrected chi connectivity index (χ3v) is 3.50. The number of ether oxygens (including phenoxy) is 1. The number of carbonyl (C=O) groups is 2. The monoisotopic (exact) mass is 323 g/mol. The molecule has 0 heterocycles. The number of rotatable bonds is 6. The van der Waals surface area contributed by atoms with Gasteiger partial charge in [0, 0.05) is 11.8 Å². The Balaban J connectivity index is 1.86. The lowest BCUT2D eigenvalue weighted by atomic mass is 10.1. The van der Waals surface area contributed by atoms with Crippen LogP contribution in [0.15, 0.2) is 60.7 Å². The molecular weight excluding hydrogens is 302 g/mol. The number of esters is 1. The standard InChI is InChI=1S/C20H21NO3/c1-3-16-9-12-18(13-10-16)21-20(23)15(2)24-19(22)14-11-17-7-5-4-6-8-17/h4-15H,3H2,1-2H3,(H,21,23). The Morgan fingerprint density at radius 3 is 2.38 bits per heavy atom. The summed E-state index contributed by atoms with van der Waals surface area (Å²) in [5.74, 6) is -0.913. The van der Waals surface area contributed by atoms with Crippen LogP contribution in [0.5, 0.6) is 0 Å². The van der Waals surface area contributed by atoms with Crippen molar-refractivity contribution < 1.29 is 14.3 Å². The highest BCUT2D eigenvalue weighted by Crippen LogP contribution is 2.11. The fourth-order valence-electron chi connectivity index (χ4n) is 2.06. The van der Waals surface area contributed by atoms with E-state index in [-0.39, 0.29) is 5.91 Å². The second-order valence-corrected chi connectivity index (χ2v) is 5.36. The van der Waals surface area contributed by atoms with Crippen molar-refractivity contribution in [3.05, 3.63) is 71.8 Å². The minimum Gasteiger partial charge on any atom is -0.449 e. The SMILES string of the molecule is CCc1ccc(NC(=O)C(C)OC(=O)C=Cc2ccccc2)cc1. The Morgan fingerprint density at radius 1 is 1.08 bits per heavy atom. The summed E-state index contributed by atoms with van der Waals surface area (Å²) in [6.45, 7) is 3.61. The van der Waals surface area contributed by atoms with Gasteiger partial charge in [0.05, 0.1) is 0 Å². The molecule has 124 valence electrons. The minimum absolute atomic E-state index is 0.360. The van der Waals surface area contributed by atoms with E-state index in [4.69, 9.17) is 4.74 Å². The summed E-state index contributed by atoms with van der Waals surface area (Å²) < 4.78 is 5.11. The summed E-state index contributed by atoms with van der Waals surface area (Å²) in [7, 11) is 0. The van der Waals surface area contributed by atoms with Gasteiger partial charge in [-0.25, -0.2) is 4.79 Å². The molecule has 0 saturated carbocycles. The number of hydrogen-bond acceptors (Lipinski definition) is 3. The smallest absolute Gasteiger partial charge is 0.331 e. The van der Waals surface area contributed by atoms with E-state index < -0.39 is 12.1 Å². The van der Waals surface area contributed by atoms with Crippen LogP contribution < -0.4 is 5.32 Å². The molecule has 0 saturated heterocycles. The van der Waals surface area contributed by atoms with Crippen molar-refractivity contribution in [3.63, 3.8) is 0 Å². The van der Waals surface area contributed by atoms with Gasteiger partial charge in [-0.15, -0.1) is 0 Å². The highest BCUT2D eigenvalue weighted by molar-refractivity contribution is 5.96. The number of aryl methyl sites for hydroxylation is 1. The van der Waals surface area contributed by atoms with Gasteiger partial charge in [-0.1, -0.05) is 49.4 Å². The van der Waals surface area contributed by atoms with Gasteiger partial charge in [-0.2, -0.15) is 0 Å². The summed E-state index contributed by atoms with van der Waals surface area (Å²) in [4.78, 5) is 23.8. The van der Waals surface area contributed by atoms with Crippen molar-refractivity contribution in [1.82, 2.24) is 0 Å². The van der Waals surface area contributed by atoms with E-state index >= 15 is 0 Å². The second kappa shape index (κ2) is 8.67. The van der Waals surface area contributed by atoms with Crippen molar-refractivity contribution in [3.8, 4) is 0 Å². The molecule has 0 bridgehead atoms. The Labute approximate surface area is 142 Å². The third kappa shape index (κ3) is 5.39. The fourth-order valence-corrected chi connectivity index (χ4v) is 2.06. The number of amides is 1. The number of carbonyl (C=O) groups excluding carboxylic acids is 2. The van der Waals surface area contributed by atoms with Gasteiger partial charge >= 0.3 is 5.97 Å². The summed E-state index contributed by atoms with van der Waals surface area (Å²) in [5, 5.41) is 2.73. The number of hydrogen-bond donors (Lipinski definition) is 1. The first-order chi connectivity index (χ1) is 11.6. The molecule has 24 heavy (non-hydrogen) atoms. The highest BCUT2D eigenvalue weighted by Gasteiger charge is 2.16. The summed E-state index contributed by atoms with van der Waals surface area (Å²) in [6.07, 6.45) is 3.03. The molecule has 0 aliphatic carbocycles. The third-order valence-electron chi connectivity index (χ3n) is 3.50. The van der Waals surface area contributed by atoms with Crippen LogP contribution in [0.4, 0.5) is 5.69 Å². The van der Waals surface area contributed by atoms with Crippen LogP contribution in [-0.2, 0) is 20.7 Å². The average Bonchev–Trinajstić information content (AvgIpc) is 2.61. The zero-order valence-corrected chi connectivity index (χ0v) is 13.9. The van der Waals surface area contributed by atoms with Gasteiger partial charge in [0.1, 0.15) is 0 Å². The van der Waals surface area contributed by atoms with Crippen molar-refractivity contribution in [2.45, 2.75) is 26.4 Å². The Kier molecular flexibility index (Phi) is 6.32. The molecule has 2 aromatic carbocycles. The number of nitrogens with one attached hydrogen (secondary N) is 1. The number of benzene rings is 2. The maximum Gasteiger partial charge on any atom is 0.331 e. The average molecular weight is 323 g/mol. The maximum absolute atomic E-state index is 12.1. The first-order valence-corrected chi connectivity index (χ1v) is 7.92. The lowest BCUT2D eigenvalue weighted by Gasteiger charge is -2.12. The Morgan fingerprint density at radius 2 is 1.75 bits per heavy atom. The molecule has 0 spiro atoms. The molecule has 2 aromatic rings. The van der Waals surface area contributed by atoms with Crippen LogP contribution in [0.2, 0.25) is 0 Å². The lowest BCUT2D eigenvalue weighted by Crippen LogP contribution is -2.29. The quantitative estimate of drug-likeness (QED) is 0.649. The predicted octanol–water partition coefficient (Wildman–Crippen LogP) is 3.83. The summed E-state index contributed by atoms with van der Waals surface area (Å²) in [5.41, 5.74) is 2.76. The van der Waals surface area contributed by atoms with E-state index in [0.717, 1.165) is 12.0 Å². The molecule has 0 fully saturated rings. The van der Waals surface area contributed by atoms with Crippen molar-refractivity contribution in [2.75, 3.05) is 5.32 Å². The lowest BCUT2D eigenvalue weighted by molar-refractivity contribution is -0.148. The van der Waals surface area contributed by atoms with E-state index in [1.807, 2.05) is 54.6 Å². The van der Waals surface area contributed by atoms with Crippen LogP contribution in [0.25, 0.3) is 6.08 Å². The molecule has 0 aliphatic rings. The van der Waals surface area contributed by atoms with Crippen LogP contribution >= 0.6 is 0 Å². The largest absolute Gasteiger partial charge is 0.449 e. The first kappa shape index (κ1) is 17.5. The number of anilines is 1. The minimum atomic E-state index is -0.872. The van der Waals surface area contributed by atoms with Gasteiger partial charge < -0.3 is 10.1 Å². The van der Waals surface area contributed by atoms with E-state index in [9.17, 15) is 9.59 Å². The topological polar surface area (TPSA) is 55.4 Å². The zero-order chi connectivity index (χ0) is 17.4. The molecular formula is C20H21NO3. The first-order valence-electron chi connectivity index (χ1n) is 7.92. The second-order valence-electron chi connectivity index (χ2n) is 5.36. The van der Waals surface area contributed by atoms with E-state index in [0.29, 0.717) is 5.69 Å². The van der Waals surface area contributed by atoms with Gasteiger partial charge in [-0.3, -0.25) is 4.79 Å². The molecule has 0 aromatic heterocycles. The van der Waals surface area contributed by atoms with Gasteiger partial charge in [0.2, 0.25) is 0 Å². The van der Waals surface area contributed by atoms with Crippen LogP contribution in [-0.4, -0.2) is 18.0 Å². The zero-order valence-electron chi connectivity index (χ0n) is 13.9. The van der Waals surface area contributed by atoms with Gasteiger partial charge in [0.15, 0.2) is 6.10 Å². The molecule has 0 aliphatic heterocycles. The van der Waals surface area contributed by atoms with Gasteiger partial charge in [0.25, 0.3) is 5.91 Å². The molecule has 1 amide bonds. The van der Waals surface area contributed by atoms with E-state index in [2.05, 4.69) is 12.2 Å². The maximum atomic E-state index is 12.1. The molecule has 4 nitrogen and oxygen atoms in total. The van der Waals surface area contributed by atoms with Crippen molar-refractivity contribution in [2.24, 2.45) is 0 Å². The molecule has 4 heteroatoms. The predicted molar refractivity (Wildman–Crippen MR) is 95.5 cm³/mol. The molecule has 0 radical (unpaired) electrons. The normalized spacial score (nSPS) is 11.9. The van der Waals surface area contributed by atoms with E-state index in [1.165, 1.54) is 11.6 Å². The van der Waals surface area contributed by atoms with Crippen molar-refractivity contribution >= 4 is 23.6 Å². The van der Waals surface area contributed by atoms with Crippen LogP contribution in [0, 0.1) is 0 Å². The van der Waals surface area contributed by atoms with Crippen LogP contribution in [0.3, 0.4) is 0 Å². The van der Waals surface area contributed by atoms with Crippen molar-refractivity contribution in [1.29, 1.82) is 0 Å². The fraction of sp³-hybridized carbons (Fsp3) is 0.200. The Hall–Kier alpha value is -2.88. The molecule has 1 atom stereocenters. The highest BCUT2D eigenvalue weighted by atomic mass is 16.5. The Bertz CT molecular complexity index is 705. The molecule has 1 N–H and O–H groups in total. The molecule has 2 rings (SSSR count). The molecule has 1 unspecified atom stereocenters.